The Morgan fingerprint density at radius 2 is 1.93 bits per heavy atom. The molecule has 2 N–H and O–H groups in total. The maximum atomic E-state index is 13.1. The van der Waals surface area contributed by atoms with Crippen LogP contribution in [0.25, 0.3) is 5.69 Å². The Hall–Kier alpha value is -3.07. The van der Waals surface area contributed by atoms with Crippen LogP contribution in [0.3, 0.4) is 0 Å². The number of aromatic nitrogens is 2. The molecule has 3 rings (SSSR count). The summed E-state index contributed by atoms with van der Waals surface area (Å²) in [6, 6.07) is 7.86. The predicted octanol–water partition coefficient (Wildman–Crippen LogP) is 1.04. The van der Waals surface area contributed by atoms with E-state index in [-0.39, 0.29) is 24.3 Å². The van der Waals surface area contributed by atoms with E-state index in [0.29, 0.717) is 25.1 Å². The van der Waals surface area contributed by atoms with Gasteiger partial charge in [0.15, 0.2) is 0 Å². The molecule has 1 aliphatic rings. The second-order valence-corrected chi connectivity index (χ2v) is 6.70. The molecule has 0 spiro atoms. The SMILES string of the molecule is CCN(CC(=O)O)C1CC(NC(=O)c2ccc(=O)n(-c3ccc(F)cc3)n2)C1. The fourth-order valence-corrected chi connectivity index (χ4v) is 3.24. The summed E-state index contributed by atoms with van der Waals surface area (Å²) in [6.45, 7) is 2.51. The van der Waals surface area contributed by atoms with E-state index in [2.05, 4.69) is 10.4 Å². The van der Waals surface area contributed by atoms with Crippen molar-refractivity contribution in [3.05, 3.63) is 58.3 Å². The van der Waals surface area contributed by atoms with E-state index in [9.17, 15) is 18.8 Å². The van der Waals surface area contributed by atoms with Crippen molar-refractivity contribution in [1.82, 2.24) is 20.0 Å². The van der Waals surface area contributed by atoms with Crippen molar-refractivity contribution in [2.45, 2.75) is 31.8 Å². The number of amides is 1. The molecule has 0 bridgehead atoms. The number of carboxylic acid groups (broad SMARTS) is 1. The van der Waals surface area contributed by atoms with E-state index < -0.39 is 23.3 Å². The molecule has 1 saturated carbocycles. The van der Waals surface area contributed by atoms with Gasteiger partial charge in [0.2, 0.25) is 0 Å². The highest BCUT2D eigenvalue weighted by atomic mass is 19.1. The van der Waals surface area contributed by atoms with E-state index >= 15 is 0 Å². The van der Waals surface area contributed by atoms with Gasteiger partial charge < -0.3 is 10.4 Å². The minimum absolute atomic E-state index is 0.0218. The number of carboxylic acids is 1. The number of carbonyl (C=O) groups is 2. The second kappa shape index (κ2) is 8.30. The Balaban J connectivity index is 1.64. The maximum absolute atomic E-state index is 13.1. The highest BCUT2D eigenvalue weighted by Crippen LogP contribution is 2.25. The van der Waals surface area contributed by atoms with Gasteiger partial charge in [-0.3, -0.25) is 19.3 Å². The quantitative estimate of drug-likeness (QED) is 0.734. The second-order valence-electron chi connectivity index (χ2n) is 6.70. The first-order valence-electron chi connectivity index (χ1n) is 9.00. The molecule has 8 nitrogen and oxygen atoms in total. The summed E-state index contributed by atoms with van der Waals surface area (Å²) in [6.07, 6.45) is 1.31. The first-order valence-corrected chi connectivity index (χ1v) is 9.00. The molecule has 1 amide bonds. The van der Waals surface area contributed by atoms with Crippen molar-refractivity contribution in [2.24, 2.45) is 0 Å². The zero-order chi connectivity index (χ0) is 20.3. The van der Waals surface area contributed by atoms with Gasteiger partial charge in [0.1, 0.15) is 11.5 Å². The minimum Gasteiger partial charge on any atom is -0.480 e. The van der Waals surface area contributed by atoms with Crippen molar-refractivity contribution in [1.29, 1.82) is 0 Å². The number of rotatable bonds is 7. The summed E-state index contributed by atoms with van der Waals surface area (Å²) < 4.78 is 14.1. The number of likely N-dealkylation sites (N-methyl/N-ethyl adjacent to an activating group) is 1. The lowest BCUT2D eigenvalue weighted by atomic mass is 9.85. The third-order valence-electron chi connectivity index (χ3n) is 4.81. The molecule has 1 aromatic heterocycles. The normalized spacial score (nSPS) is 18.5. The maximum Gasteiger partial charge on any atom is 0.317 e. The summed E-state index contributed by atoms with van der Waals surface area (Å²) in [5.41, 5.74) is 0.00130. The number of nitrogens with one attached hydrogen (secondary N) is 1. The van der Waals surface area contributed by atoms with Gasteiger partial charge in [0.05, 0.1) is 12.2 Å². The monoisotopic (exact) mass is 388 g/mol. The van der Waals surface area contributed by atoms with Crippen LogP contribution in [-0.4, -0.2) is 56.8 Å². The minimum atomic E-state index is -0.874. The highest BCUT2D eigenvalue weighted by molar-refractivity contribution is 5.92. The van der Waals surface area contributed by atoms with Crippen LogP contribution < -0.4 is 10.9 Å². The van der Waals surface area contributed by atoms with Gasteiger partial charge in [-0.1, -0.05) is 6.92 Å². The lowest BCUT2D eigenvalue weighted by Gasteiger charge is -2.42. The van der Waals surface area contributed by atoms with E-state index in [1.165, 1.54) is 36.4 Å². The smallest absolute Gasteiger partial charge is 0.317 e. The van der Waals surface area contributed by atoms with E-state index in [0.717, 1.165) is 4.68 Å². The van der Waals surface area contributed by atoms with Gasteiger partial charge in [-0.25, -0.2) is 4.39 Å². The van der Waals surface area contributed by atoms with Crippen molar-refractivity contribution in [3.63, 3.8) is 0 Å². The molecule has 1 aromatic carbocycles. The molecule has 1 aliphatic carbocycles. The summed E-state index contributed by atoms with van der Waals surface area (Å²) >= 11 is 0. The zero-order valence-electron chi connectivity index (χ0n) is 15.3. The number of carbonyl (C=O) groups excluding carboxylic acids is 1. The van der Waals surface area contributed by atoms with Crippen LogP contribution in [0.5, 0.6) is 0 Å². The van der Waals surface area contributed by atoms with Crippen molar-refractivity contribution in [3.8, 4) is 5.69 Å². The van der Waals surface area contributed by atoms with Crippen LogP contribution in [0.4, 0.5) is 4.39 Å². The molecule has 1 fully saturated rings. The van der Waals surface area contributed by atoms with Crippen molar-refractivity contribution >= 4 is 11.9 Å². The summed E-state index contributed by atoms with van der Waals surface area (Å²) in [5, 5.41) is 15.9. The van der Waals surface area contributed by atoms with Crippen LogP contribution in [0.2, 0.25) is 0 Å². The van der Waals surface area contributed by atoms with Gasteiger partial charge in [-0.15, -0.1) is 0 Å². The number of benzene rings is 1. The van der Waals surface area contributed by atoms with E-state index in [1.54, 1.807) is 0 Å². The fourth-order valence-electron chi connectivity index (χ4n) is 3.24. The molecular weight excluding hydrogens is 367 g/mol. The van der Waals surface area contributed by atoms with Crippen LogP contribution >= 0.6 is 0 Å². The summed E-state index contributed by atoms with van der Waals surface area (Å²) in [4.78, 5) is 37.2. The Morgan fingerprint density at radius 3 is 2.54 bits per heavy atom. The molecule has 9 heteroatoms. The van der Waals surface area contributed by atoms with E-state index in [4.69, 9.17) is 5.11 Å². The molecule has 0 atom stereocenters. The molecule has 2 aromatic rings. The molecule has 0 radical (unpaired) electrons. The summed E-state index contributed by atoms with van der Waals surface area (Å²) in [7, 11) is 0. The van der Waals surface area contributed by atoms with Crippen LogP contribution in [0, 0.1) is 5.82 Å². The number of hydrogen-bond acceptors (Lipinski definition) is 5. The van der Waals surface area contributed by atoms with Crippen LogP contribution in [0.1, 0.15) is 30.3 Å². The highest BCUT2D eigenvalue weighted by Gasteiger charge is 2.35. The largest absolute Gasteiger partial charge is 0.480 e. The molecular formula is C19H21FN4O4. The Morgan fingerprint density at radius 1 is 1.25 bits per heavy atom. The van der Waals surface area contributed by atoms with E-state index in [1.807, 2.05) is 11.8 Å². The first kappa shape index (κ1) is 19.7. The fraction of sp³-hybridized carbons (Fsp3) is 0.368. The molecule has 0 saturated heterocycles. The van der Waals surface area contributed by atoms with Gasteiger partial charge in [0.25, 0.3) is 11.5 Å². The molecule has 28 heavy (non-hydrogen) atoms. The lowest BCUT2D eigenvalue weighted by Crippen LogP contribution is -2.55. The summed E-state index contributed by atoms with van der Waals surface area (Å²) in [5.74, 6) is -1.73. The average Bonchev–Trinajstić information content (AvgIpc) is 2.63. The molecule has 0 aliphatic heterocycles. The van der Waals surface area contributed by atoms with Crippen molar-refractivity contribution < 1.29 is 19.1 Å². The van der Waals surface area contributed by atoms with Gasteiger partial charge in [-0.2, -0.15) is 9.78 Å². The van der Waals surface area contributed by atoms with Gasteiger partial charge in [-0.05, 0) is 49.7 Å². The average molecular weight is 388 g/mol. The first-order chi connectivity index (χ1) is 13.4. The van der Waals surface area contributed by atoms with Gasteiger partial charge >= 0.3 is 5.97 Å². The van der Waals surface area contributed by atoms with Crippen molar-refractivity contribution in [2.75, 3.05) is 13.1 Å². The molecule has 0 unspecified atom stereocenters. The standard InChI is InChI=1S/C19H21FN4O4/c1-2-23(11-18(26)27)15-9-13(10-15)21-19(28)16-7-8-17(25)24(22-16)14-5-3-12(20)4-6-14/h3-8,13,15H,2,9-11H2,1H3,(H,21,28)(H,26,27). The zero-order valence-corrected chi connectivity index (χ0v) is 15.3. The third-order valence-corrected chi connectivity index (χ3v) is 4.81. The molecule has 1 heterocycles. The Labute approximate surface area is 160 Å². The van der Waals surface area contributed by atoms with Crippen LogP contribution in [0.15, 0.2) is 41.2 Å². The number of aliphatic carboxylic acids is 1. The predicted molar refractivity (Wildman–Crippen MR) is 99.0 cm³/mol. The number of halogens is 1. The molecule has 148 valence electrons. The number of nitrogens with zero attached hydrogens (tertiary/aromatic N) is 3. The van der Waals surface area contributed by atoms with Crippen LogP contribution in [-0.2, 0) is 4.79 Å². The number of hydrogen-bond donors (Lipinski definition) is 2. The van der Waals surface area contributed by atoms with Gasteiger partial charge in [0, 0.05) is 18.2 Å². The Kier molecular flexibility index (Phi) is 5.84. The lowest BCUT2D eigenvalue weighted by molar-refractivity contribution is -0.139. The Bertz CT molecular complexity index is 922. The third kappa shape index (κ3) is 4.42. The topological polar surface area (TPSA) is 105 Å².